The Balaban J connectivity index is 1.98. The molecule has 11 heteroatoms. The second kappa shape index (κ2) is 14.6. The van der Waals surface area contributed by atoms with E-state index in [9.17, 15) is 31.1 Å². The lowest BCUT2D eigenvalue weighted by Gasteiger charge is -2.38. The van der Waals surface area contributed by atoms with E-state index in [1.165, 1.54) is 6.92 Å². The zero-order chi connectivity index (χ0) is 31.7. The van der Waals surface area contributed by atoms with Crippen molar-refractivity contribution in [3.8, 4) is 0 Å². The van der Waals surface area contributed by atoms with Gasteiger partial charge < -0.3 is 20.1 Å². The van der Waals surface area contributed by atoms with Gasteiger partial charge in [0.05, 0.1) is 29.4 Å². The largest absolute Gasteiger partial charge is 0.445 e. The molecule has 0 aromatic heterocycles. The van der Waals surface area contributed by atoms with Crippen LogP contribution in [-0.4, -0.2) is 25.8 Å². The van der Waals surface area contributed by atoms with Crippen molar-refractivity contribution in [1.82, 2.24) is 10.6 Å². The first-order valence-corrected chi connectivity index (χ1v) is 13.5. The van der Waals surface area contributed by atoms with Crippen molar-refractivity contribution in [2.75, 3.05) is 13.7 Å². The third kappa shape index (κ3) is 9.59. The topological polar surface area (TPSA) is 59.6 Å². The van der Waals surface area contributed by atoms with Crippen LogP contribution in [0.4, 0.5) is 31.1 Å². The molecule has 2 N–H and O–H groups in total. The van der Waals surface area contributed by atoms with Gasteiger partial charge in [0.1, 0.15) is 6.61 Å². The quantitative estimate of drug-likeness (QED) is 0.152. The standard InChI is InChI=1S/C32H34F6N2O3/c1-4-11-28(39-3)19-30(25-14-9-6-10-15-25,40-29(41)42-20-23-12-7-5-8-13-23)21-43-22(2)24-16-26(31(33,34)35)18-27(17-24)32(36,37)38/h4-10,12-18,22,28,39H,1,11,19-21H2,2-3H3,(H,40,41)/t22-,28?,30-/m1/s1. The minimum absolute atomic E-state index is 0.0264. The molecule has 232 valence electrons. The lowest BCUT2D eigenvalue weighted by molar-refractivity contribution is -0.143. The molecule has 5 nitrogen and oxygen atoms in total. The first-order valence-electron chi connectivity index (χ1n) is 13.5. The van der Waals surface area contributed by atoms with E-state index in [0.29, 0.717) is 24.1 Å². The fourth-order valence-electron chi connectivity index (χ4n) is 4.63. The third-order valence-electron chi connectivity index (χ3n) is 6.99. The highest BCUT2D eigenvalue weighted by Gasteiger charge is 2.40. The van der Waals surface area contributed by atoms with Crippen molar-refractivity contribution in [3.05, 3.63) is 119 Å². The van der Waals surface area contributed by atoms with Crippen LogP contribution in [0.15, 0.2) is 91.5 Å². The zero-order valence-corrected chi connectivity index (χ0v) is 23.8. The van der Waals surface area contributed by atoms with Gasteiger partial charge in [-0.3, -0.25) is 0 Å². The van der Waals surface area contributed by atoms with Crippen LogP contribution in [0.25, 0.3) is 0 Å². The van der Waals surface area contributed by atoms with Crippen LogP contribution in [0, 0.1) is 0 Å². The number of alkyl carbamates (subject to hydrolysis) is 1. The van der Waals surface area contributed by atoms with Gasteiger partial charge in [-0.25, -0.2) is 4.79 Å². The van der Waals surface area contributed by atoms with Crippen molar-refractivity contribution in [3.63, 3.8) is 0 Å². The molecular formula is C32H34F6N2O3. The Morgan fingerprint density at radius 3 is 1.95 bits per heavy atom. The predicted molar refractivity (Wildman–Crippen MR) is 151 cm³/mol. The molecule has 1 amide bonds. The van der Waals surface area contributed by atoms with Crippen molar-refractivity contribution < 1.29 is 40.6 Å². The summed E-state index contributed by atoms with van der Waals surface area (Å²) in [6.07, 6.45) is -9.59. The number of nitrogens with one attached hydrogen (secondary N) is 2. The number of alkyl halides is 6. The Bertz CT molecular complexity index is 1300. The van der Waals surface area contributed by atoms with Gasteiger partial charge in [-0.05, 0) is 61.7 Å². The van der Waals surface area contributed by atoms with Gasteiger partial charge in [-0.2, -0.15) is 26.3 Å². The molecule has 0 aliphatic heterocycles. The van der Waals surface area contributed by atoms with E-state index in [2.05, 4.69) is 17.2 Å². The summed E-state index contributed by atoms with van der Waals surface area (Å²) in [5, 5.41) is 6.06. The highest BCUT2D eigenvalue weighted by Crippen LogP contribution is 2.38. The molecular weight excluding hydrogens is 574 g/mol. The van der Waals surface area contributed by atoms with E-state index < -0.39 is 41.2 Å². The van der Waals surface area contributed by atoms with Crippen LogP contribution in [-0.2, 0) is 34.0 Å². The smallest absolute Gasteiger partial charge is 0.416 e. The molecule has 0 radical (unpaired) electrons. The molecule has 0 saturated carbocycles. The van der Waals surface area contributed by atoms with Gasteiger partial charge in [0.25, 0.3) is 0 Å². The number of halogens is 6. The molecule has 0 saturated heterocycles. The molecule has 43 heavy (non-hydrogen) atoms. The van der Waals surface area contributed by atoms with E-state index in [1.807, 2.05) is 6.07 Å². The number of ether oxygens (including phenoxy) is 2. The average molecular weight is 609 g/mol. The summed E-state index contributed by atoms with van der Waals surface area (Å²) in [6, 6.07) is 18.9. The summed E-state index contributed by atoms with van der Waals surface area (Å²) in [4.78, 5) is 13.2. The summed E-state index contributed by atoms with van der Waals surface area (Å²) in [6.45, 7) is 4.81. The minimum atomic E-state index is -5.00. The van der Waals surface area contributed by atoms with Gasteiger partial charge in [0, 0.05) is 6.04 Å². The van der Waals surface area contributed by atoms with Crippen molar-refractivity contribution in [1.29, 1.82) is 0 Å². The number of amides is 1. The highest BCUT2D eigenvalue weighted by atomic mass is 19.4. The second-order valence-electron chi connectivity index (χ2n) is 10.1. The second-order valence-corrected chi connectivity index (χ2v) is 10.1. The summed E-state index contributed by atoms with van der Waals surface area (Å²) in [7, 11) is 1.72. The van der Waals surface area contributed by atoms with Crippen LogP contribution in [0.2, 0.25) is 0 Å². The Morgan fingerprint density at radius 1 is 0.884 bits per heavy atom. The van der Waals surface area contributed by atoms with Crippen molar-refractivity contribution in [2.24, 2.45) is 0 Å². The lowest BCUT2D eigenvalue weighted by Crippen LogP contribution is -2.53. The maximum atomic E-state index is 13.5. The van der Waals surface area contributed by atoms with Gasteiger partial charge in [0.15, 0.2) is 0 Å². The fraction of sp³-hybridized carbons (Fsp3) is 0.344. The van der Waals surface area contributed by atoms with E-state index in [1.54, 1.807) is 67.7 Å². The Labute approximate surface area is 246 Å². The molecule has 3 aromatic rings. The number of rotatable bonds is 13. The number of hydrogen-bond donors (Lipinski definition) is 2. The molecule has 3 atom stereocenters. The SMILES string of the molecule is C=CCC(C[C@](CO[C@H](C)c1cc(C(F)(F)F)cc(C(F)(F)F)c1)(NC(=O)OCc1ccccc1)c1ccccc1)NC. The van der Waals surface area contributed by atoms with E-state index in [0.717, 1.165) is 5.56 Å². The summed E-state index contributed by atoms with van der Waals surface area (Å²) < 4.78 is 92.5. The minimum Gasteiger partial charge on any atom is -0.445 e. The predicted octanol–water partition coefficient (Wildman–Crippen LogP) is 8.18. The van der Waals surface area contributed by atoms with Gasteiger partial charge >= 0.3 is 18.4 Å². The normalized spacial score (nSPS) is 14.8. The molecule has 0 heterocycles. The first kappa shape index (κ1) is 33.7. The number of benzene rings is 3. The van der Waals surface area contributed by atoms with Crippen LogP contribution in [0.1, 0.15) is 53.7 Å². The van der Waals surface area contributed by atoms with Crippen LogP contribution in [0.5, 0.6) is 0 Å². The molecule has 0 spiro atoms. The van der Waals surface area contributed by atoms with E-state index in [-0.39, 0.29) is 37.3 Å². The van der Waals surface area contributed by atoms with E-state index in [4.69, 9.17) is 9.47 Å². The summed E-state index contributed by atoms with van der Waals surface area (Å²) in [5.74, 6) is 0. The van der Waals surface area contributed by atoms with Gasteiger partial charge in [-0.1, -0.05) is 66.7 Å². The lowest BCUT2D eigenvalue weighted by atomic mass is 9.83. The van der Waals surface area contributed by atoms with Gasteiger partial charge in [-0.15, -0.1) is 6.58 Å². The van der Waals surface area contributed by atoms with Crippen LogP contribution in [0.3, 0.4) is 0 Å². The van der Waals surface area contributed by atoms with Crippen LogP contribution >= 0.6 is 0 Å². The first-order chi connectivity index (χ1) is 20.3. The van der Waals surface area contributed by atoms with Crippen molar-refractivity contribution >= 4 is 6.09 Å². The molecule has 0 fully saturated rings. The number of carbonyl (C=O) groups is 1. The maximum absolute atomic E-state index is 13.5. The Morgan fingerprint density at radius 2 is 1.44 bits per heavy atom. The Kier molecular flexibility index (Phi) is 11.4. The molecule has 0 aliphatic rings. The monoisotopic (exact) mass is 608 g/mol. The number of hydrogen-bond acceptors (Lipinski definition) is 4. The molecule has 3 rings (SSSR count). The zero-order valence-electron chi connectivity index (χ0n) is 23.8. The van der Waals surface area contributed by atoms with Crippen molar-refractivity contribution in [2.45, 2.75) is 56.4 Å². The summed E-state index contributed by atoms with van der Waals surface area (Å²) in [5.41, 5.74) is -3.14. The molecule has 3 aromatic carbocycles. The molecule has 1 unspecified atom stereocenters. The van der Waals surface area contributed by atoms with Gasteiger partial charge in [0.2, 0.25) is 0 Å². The highest BCUT2D eigenvalue weighted by molar-refractivity contribution is 5.69. The average Bonchev–Trinajstić information content (AvgIpc) is 2.98. The fourth-order valence-corrected chi connectivity index (χ4v) is 4.63. The molecule has 0 aliphatic carbocycles. The third-order valence-corrected chi connectivity index (χ3v) is 6.99. The summed E-state index contributed by atoms with van der Waals surface area (Å²) >= 11 is 0. The van der Waals surface area contributed by atoms with Crippen LogP contribution < -0.4 is 10.6 Å². The molecule has 0 bridgehead atoms. The van der Waals surface area contributed by atoms with E-state index >= 15 is 0 Å². The Hall–Kier alpha value is -3.83. The number of carbonyl (C=O) groups excluding carboxylic acids is 1. The maximum Gasteiger partial charge on any atom is 0.416 e.